The van der Waals surface area contributed by atoms with E-state index < -0.39 is 22.4 Å². The first kappa shape index (κ1) is 10.3. The molecule has 0 aromatic carbocycles. The monoisotopic (exact) mass is 217 g/mol. The maximum Gasteiger partial charge on any atom is 0.397 e. The zero-order valence-electron chi connectivity index (χ0n) is 6.89. The maximum atomic E-state index is 10.5. The Bertz CT molecular complexity index is 381. The number of aromatic carboxylic acids is 1. The second-order valence-corrected chi connectivity index (χ2v) is 2.69. The molecule has 0 atom stereocenters. The summed E-state index contributed by atoms with van der Waals surface area (Å²) in [5.41, 5.74) is -0.644. The van der Waals surface area contributed by atoms with Crippen LogP contribution in [0.5, 0.6) is 0 Å². The Morgan fingerprint density at radius 3 is 2.57 bits per heavy atom. The minimum absolute atomic E-state index is 0.114. The number of rotatable bonds is 2. The highest BCUT2D eigenvalue weighted by molar-refractivity contribution is 6.30. The van der Waals surface area contributed by atoms with E-state index in [2.05, 4.69) is 9.97 Å². The summed E-state index contributed by atoms with van der Waals surface area (Å²) in [6, 6.07) is 0. The van der Waals surface area contributed by atoms with E-state index in [4.69, 9.17) is 16.7 Å². The van der Waals surface area contributed by atoms with Gasteiger partial charge in [0.2, 0.25) is 5.69 Å². The van der Waals surface area contributed by atoms with E-state index in [0.29, 0.717) is 0 Å². The van der Waals surface area contributed by atoms with Crippen molar-refractivity contribution >= 4 is 23.4 Å². The molecule has 0 unspecified atom stereocenters. The number of nitrogens with zero attached hydrogens (tertiary/aromatic N) is 3. The predicted octanol–water partition coefficient (Wildman–Crippen LogP) is 1.04. The van der Waals surface area contributed by atoms with Crippen molar-refractivity contribution in [2.24, 2.45) is 0 Å². The number of nitro groups is 1. The lowest BCUT2D eigenvalue weighted by molar-refractivity contribution is -0.390. The molecule has 0 aliphatic carbocycles. The van der Waals surface area contributed by atoms with E-state index >= 15 is 0 Å². The Morgan fingerprint density at radius 2 is 2.14 bits per heavy atom. The SMILES string of the molecule is Cc1nc([N+](=O)[O-])c(C(=O)O)nc1Cl. The molecule has 0 spiro atoms. The molecule has 0 saturated carbocycles. The first-order valence-electron chi connectivity index (χ1n) is 3.35. The van der Waals surface area contributed by atoms with Gasteiger partial charge < -0.3 is 15.2 Å². The number of carboxylic acid groups (broad SMARTS) is 1. The van der Waals surface area contributed by atoms with Crippen molar-refractivity contribution in [1.82, 2.24) is 9.97 Å². The summed E-state index contributed by atoms with van der Waals surface area (Å²) in [6.07, 6.45) is 0. The number of carbonyl (C=O) groups is 1. The molecular formula is C6H4ClN3O4. The molecule has 1 aromatic heterocycles. The van der Waals surface area contributed by atoms with Crippen LogP contribution in [0, 0.1) is 17.0 Å². The van der Waals surface area contributed by atoms with Crippen LogP contribution in [0.3, 0.4) is 0 Å². The summed E-state index contributed by atoms with van der Waals surface area (Å²) in [5.74, 6) is -2.34. The predicted molar refractivity (Wildman–Crippen MR) is 45.4 cm³/mol. The first-order valence-corrected chi connectivity index (χ1v) is 3.73. The topological polar surface area (TPSA) is 106 Å². The van der Waals surface area contributed by atoms with Crippen molar-refractivity contribution in [3.63, 3.8) is 0 Å². The molecular weight excluding hydrogens is 214 g/mol. The number of hydrogen-bond acceptors (Lipinski definition) is 5. The van der Waals surface area contributed by atoms with Crippen LogP contribution in [0.1, 0.15) is 16.2 Å². The molecule has 1 heterocycles. The molecule has 0 radical (unpaired) electrons. The molecule has 0 saturated heterocycles. The molecule has 74 valence electrons. The third-order valence-electron chi connectivity index (χ3n) is 1.37. The van der Waals surface area contributed by atoms with Gasteiger partial charge in [-0.15, -0.1) is 0 Å². The van der Waals surface area contributed by atoms with Crippen LogP contribution in [-0.2, 0) is 0 Å². The Morgan fingerprint density at radius 1 is 1.57 bits per heavy atom. The minimum atomic E-state index is -1.54. The Balaban J connectivity index is 3.46. The maximum absolute atomic E-state index is 10.5. The second kappa shape index (κ2) is 3.54. The molecule has 0 amide bonds. The molecule has 8 heteroatoms. The third-order valence-corrected chi connectivity index (χ3v) is 1.73. The van der Waals surface area contributed by atoms with Crippen LogP contribution < -0.4 is 0 Å². The number of carboxylic acids is 1. The summed E-state index contributed by atoms with van der Waals surface area (Å²) in [4.78, 5) is 26.8. The van der Waals surface area contributed by atoms with Crippen molar-refractivity contribution in [2.45, 2.75) is 6.92 Å². The average molecular weight is 218 g/mol. The van der Waals surface area contributed by atoms with Gasteiger partial charge in [0.15, 0.2) is 10.8 Å². The van der Waals surface area contributed by atoms with Gasteiger partial charge in [0, 0.05) is 6.92 Å². The van der Waals surface area contributed by atoms with Gasteiger partial charge in [-0.1, -0.05) is 11.6 Å². The van der Waals surface area contributed by atoms with Crippen molar-refractivity contribution in [3.8, 4) is 0 Å². The van der Waals surface area contributed by atoms with Gasteiger partial charge in [0.05, 0.1) is 0 Å². The second-order valence-electron chi connectivity index (χ2n) is 2.33. The van der Waals surface area contributed by atoms with E-state index in [-0.39, 0.29) is 10.8 Å². The number of aryl methyl sites for hydroxylation is 1. The summed E-state index contributed by atoms with van der Waals surface area (Å²) >= 11 is 5.48. The van der Waals surface area contributed by atoms with Crippen LogP contribution in [0.15, 0.2) is 0 Å². The fraction of sp³-hybridized carbons (Fsp3) is 0.167. The molecule has 7 nitrogen and oxygen atoms in total. The lowest BCUT2D eigenvalue weighted by atomic mass is 10.4. The first-order chi connectivity index (χ1) is 6.43. The smallest absolute Gasteiger partial charge is 0.397 e. The van der Waals surface area contributed by atoms with Gasteiger partial charge in [-0.25, -0.2) is 9.78 Å². The van der Waals surface area contributed by atoms with Gasteiger partial charge in [0.1, 0.15) is 0 Å². The highest BCUT2D eigenvalue weighted by Gasteiger charge is 2.25. The summed E-state index contributed by atoms with van der Waals surface area (Å²) in [5, 5.41) is 18.8. The fourth-order valence-electron chi connectivity index (χ4n) is 0.758. The molecule has 1 rings (SSSR count). The summed E-state index contributed by atoms with van der Waals surface area (Å²) < 4.78 is 0. The van der Waals surface area contributed by atoms with Crippen LogP contribution in [-0.4, -0.2) is 26.0 Å². The van der Waals surface area contributed by atoms with E-state index in [1.165, 1.54) is 6.92 Å². The highest BCUT2D eigenvalue weighted by atomic mass is 35.5. The van der Waals surface area contributed by atoms with E-state index in [1.54, 1.807) is 0 Å². The van der Waals surface area contributed by atoms with Crippen LogP contribution >= 0.6 is 11.6 Å². The largest absolute Gasteiger partial charge is 0.476 e. The molecule has 0 aliphatic heterocycles. The van der Waals surface area contributed by atoms with E-state index in [0.717, 1.165) is 0 Å². The quantitative estimate of drug-likeness (QED) is 0.586. The standard InChI is InChI=1S/C6H4ClN3O4/c1-2-4(7)9-3(6(11)12)5(8-2)10(13)14/h1H3,(H,11,12). The fourth-order valence-corrected chi connectivity index (χ4v) is 0.885. The van der Waals surface area contributed by atoms with Crippen molar-refractivity contribution in [3.05, 3.63) is 26.7 Å². The van der Waals surface area contributed by atoms with E-state index in [9.17, 15) is 14.9 Å². The van der Waals surface area contributed by atoms with Crippen LogP contribution in [0.25, 0.3) is 0 Å². The lowest BCUT2D eigenvalue weighted by Gasteiger charge is -1.98. The molecule has 14 heavy (non-hydrogen) atoms. The van der Waals surface area contributed by atoms with Crippen molar-refractivity contribution in [1.29, 1.82) is 0 Å². The van der Waals surface area contributed by atoms with Gasteiger partial charge in [0.25, 0.3) is 0 Å². The normalized spacial score (nSPS) is 9.86. The number of aromatic nitrogens is 2. The average Bonchev–Trinajstić information content (AvgIpc) is 2.08. The van der Waals surface area contributed by atoms with Gasteiger partial charge >= 0.3 is 11.8 Å². The Labute approximate surface area is 82.5 Å². The third kappa shape index (κ3) is 1.77. The Kier molecular flexibility index (Phi) is 2.61. The zero-order valence-corrected chi connectivity index (χ0v) is 7.65. The minimum Gasteiger partial charge on any atom is -0.476 e. The Hall–Kier alpha value is -1.76. The van der Waals surface area contributed by atoms with Crippen LogP contribution in [0.2, 0.25) is 5.15 Å². The van der Waals surface area contributed by atoms with Crippen molar-refractivity contribution in [2.75, 3.05) is 0 Å². The van der Waals surface area contributed by atoms with E-state index in [1.807, 2.05) is 0 Å². The molecule has 1 N–H and O–H groups in total. The zero-order chi connectivity index (χ0) is 10.9. The summed E-state index contributed by atoms with van der Waals surface area (Å²) in [6.45, 7) is 1.40. The molecule has 0 fully saturated rings. The lowest BCUT2D eigenvalue weighted by Crippen LogP contribution is -2.09. The van der Waals surface area contributed by atoms with Gasteiger partial charge in [-0.2, -0.15) is 0 Å². The highest BCUT2D eigenvalue weighted by Crippen LogP contribution is 2.18. The van der Waals surface area contributed by atoms with Gasteiger partial charge in [-0.3, -0.25) is 0 Å². The summed E-state index contributed by atoms with van der Waals surface area (Å²) in [7, 11) is 0. The molecule has 0 aliphatic rings. The number of halogens is 1. The van der Waals surface area contributed by atoms with Crippen LogP contribution in [0.4, 0.5) is 5.82 Å². The van der Waals surface area contributed by atoms with Crippen molar-refractivity contribution < 1.29 is 14.8 Å². The molecule has 1 aromatic rings. The van der Waals surface area contributed by atoms with Gasteiger partial charge in [-0.05, 0) is 9.91 Å². The number of hydrogen-bond donors (Lipinski definition) is 1. The molecule has 0 bridgehead atoms.